The Hall–Kier alpha value is -1.44. The van der Waals surface area contributed by atoms with Gasteiger partial charge in [0.15, 0.2) is 0 Å². The quantitative estimate of drug-likeness (QED) is 0.886. The molecule has 1 fully saturated rings. The number of aliphatic hydroxyl groups is 1. The molecule has 0 aromatic heterocycles. The van der Waals surface area contributed by atoms with Crippen molar-refractivity contribution < 1.29 is 9.50 Å². The lowest BCUT2D eigenvalue weighted by Crippen LogP contribution is -2.29. The Morgan fingerprint density at radius 3 is 3.00 bits per heavy atom. The fourth-order valence-corrected chi connectivity index (χ4v) is 2.80. The van der Waals surface area contributed by atoms with Crippen molar-refractivity contribution in [1.82, 2.24) is 4.90 Å². The molecule has 3 nitrogen and oxygen atoms in total. The minimum atomic E-state index is -0.347. The summed E-state index contributed by atoms with van der Waals surface area (Å²) in [5.74, 6) is -0.347. The van der Waals surface area contributed by atoms with Crippen LogP contribution in [0.25, 0.3) is 0 Å². The Morgan fingerprint density at radius 2 is 2.26 bits per heavy atom. The van der Waals surface area contributed by atoms with Crippen molar-refractivity contribution in [2.75, 3.05) is 13.2 Å². The predicted octanol–water partition coefficient (Wildman–Crippen LogP) is 2.43. The van der Waals surface area contributed by atoms with E-state index in [1.54, 1.807) is 6.07 Å². The maximum Gasteiger partial charge on any atom is 0.124 e. The smallest absolute Gasteiger partial charge is 0.124 e. The van der Waals surface area contributed by atoms with Crippen LogP contribution in [0.5, 0.6) is 0 Å². The number of hydrogen-bond acceptors (Lipinski definition) is 3. The molecule has 1 saturated heterocycles. The first kappa shape index (κ1) is 14.0. The van der Waals surface area contributed by atoms with Crippen LogP contribution in [0, 0.1) is 17.1 Å². The molecule has 0 saturated carbocycles. The van der Waals surface area contributed by atoms with E-state index in [1.807, 2.05) is 6.07 Å². The van der Waals surface area contributed by atoms with Crippen LogP contribution >= 0.6 is 0 Å². The Morgan fingerprint density at radius 1 is 1.42 bits per heavy atom. The number of hydrogen-bond donors (Lipinski definition) is 1. The van der Waals surface area contributed by atoms with Gasteiger partial charge in [-0.05, 0) is 56.0 Å². The monoisotopic (exact) mass is 262 g/mol. The molecule has 1 aromatic rings. The summed E-state index contributed by atoms with van der Waals surface area (Å²) in [6.45, 7) is 1.92. The molecule has 102 valence electrons. The highest BCUT2D eigenvalue weighted by Crippen LogP contribution is 2.24. The van der Waals surface area contributed by atoms with Gasteiger partial charge < -0.3 is 5.11 Å². The molecule has 0 bridgehead atoms. The van der Waals surface area contributed by atoms with E-state index in [0.29, 0.717) is 18.2 Å². The van der Waals surface area contributed by atoms with Gasteiger partial charge in [-0.2, -0.15) is 5.26 Å². The van der Waals surface area contributed by atoms with Crippen LogP contribution < -0.4 is 0 Å². The van der Waals surface area contributed by atoms with Crippen molar-refractivity contribution in [3.63, 3.8) is 0 Å². The lowest BCUT2D eigenvalue weighted by Gasteiger charge is -2.24. The first-order chi connectivity index (χ1) is 9.22. The molecule has 1 aliphatic rings. The molecule has 1 atom stereocenters. The molecule has 1 N–H and O–H groups in total. The number of likely N-dealkylation sites (tertiary alicyclic amines) is 1. The van der Waals surface area contributed by atoms with Crippen molar-refractivity contribution in [2.45, 2.75) is 38.3 Å². The zero-order chi connectivity index (χ0) is 13.7. The second kappa shape index (κ2) is 6.65. The fraction of sp³-hybridized carbons (Fsp3) is 0.533. The van der Waals surface area contributed by atoms with Gasteiger partial charge in [0.05, 0.1) is 11.6 Å². The van der Waals surface area contributed by atoms with Crippen LogP contribution in [0.4, 0.5) is 4.39 Å². The van der Waals surface area contributed by atoms with Gasteiger partial charge in [-0.1, -0.05) is 0 Å². The Bertz CT molecular complexity index is 470. The molecule has 1 aliphatic heterocycles. The fourth-order valence-electron chi connectivity index (χ4n) is 2.80. The van der Waals surface area contributed by atoms with Gasteiger partial charge in [0.1, 0.15) is 5.82 Å². The summed E-state index contributed by atoms with van der Waals surface area (Å²) < 4.78 is 13.4. The van der Waals surface area contributed by atoms with E-state index in [-0.39, 0.29) is 12.4 Å². The van der Waals surface area contributed by atoms with Crippen molar-refractivity contribution in [1.29, 1.82) is 5.26 Å². The van der Waals surface area contributed by atoms with Crippen molar-refractivity contribution in [2.24, 2.45) is 0 Å². The average Bonchev–Trinajstić information content (AvgIpc) is 2.83. The van der Waals surface area contributed by atoms with E-state index >= 15 is 0 Å². The lowest BCUT2D eigenvalue weighted by atomic mass is 10.1. The third kappa shape index (κ3) is 3.76. The van der Waals surface area contributed by atoms with Crippen LogP contribution in [0.15, 0.2) is 18.2 Å². The summed E-state index contributed by atoms with van der Waals surface area (Å²) in [6.07, 6.45) is 4.08. The number of rotatable bonds is 5. The molecule has 2 rings (SSSR count). The number of halogens is 1. The minimum absolute atomic E-state index is 0.225. The number of nitrogens with zero attached hydrogens (tertiary/aromatic N) is 2. The lowest BCUT2D eigenvalue weighted by molar-refractivity contribution is 0.210. The molecule has 19 heavy (non-hydrogen) atoms. The summed E-state index contributed by atoms with van der Waals surface area (Å²) in [6, 6.07) is 6.98. The Balaban J connectivity index is 2.03. The maximum atomic E-state index is 13.4. The largest absolute Gasteiger partial charge is 0.396 e. The molecule has 4 heteroatoms. The normalized spacial score (nSPS) is 19.5. The van der Waals surface area contributed by atoms with E-state index < -0.39 is 0 Å². The zero-order valence-corrected chi connectivity index (χ0v) is 11.0. The van der Waals surface area contributed by atoms with E-state index in [1.165, 1.54) is 12.1 Å². The molecule has 0 aliphatic carbocycles. The summed E-state index contributed by atoms with van der Waals surface area (Å²) in [5, 5.41) is 17.8. The van der Waals surface area contributed by atoms with E-state index in [9.17, 15) is 4.39 Å². The standard InChI is InChI=1S/C15H19FN2O/c16-14-8-12(10-17)7-13(9-14)11-18-5-1-3-15(18)4-2-6-19/h7-9,15,19H,1-6,11H2. The SMILES string of the molecule is N#Cc1cc(F)cc(CN2CCCC2CCCO)c1. The average molecular weight is 262 g/mol. The van der Waals surface area contributed by atoms with Crippen molar-refractivity contribution in [3.05, 3.63) is 35.1 Å². The van der Waals surface area contributed by atoms with Gasteiger partial charge in [-0.25, -0.2) is 4.39 Å². The highest BCUT2D eigenvalue weighted by Gasteiger charge is 2.24. The van der Waals surface area contributed by atoms with E-state index in [0.717, 1.165) is 37.8 Å². The molecular weight excluding hydrogens is 243 g/mol. The first-order valence-corrected chi connectivity index (χ1v) is 6.77. The van der Waals surface area contributed by atoms with Gasteiger partial charge in [0.2, 0.25) is 0 Å². The predicted molar refractivity (Wildman–Crippen MR) is 70.9 cm³/mol. The van der Waals surface area contributed by atoms with Crippen LogP contribution in [0.1, 0.15) is 36.8 Å². The molecule has 1 unspecified atom stereocenters. The molecular formula is C15H19FN2O. The minimum Gasteiger partial charge on any atom is -0.396 e. The third-order valence-electron chi connectivity index (χ3n) is 3.67. The summed E-state index contributed by atoms with van der Waals surface area (Å²) in [4.78, 5) is 2.32. The topological polar surface area (TPSA) is 47.3 Å². The highest BCUT2D eigenvalue weighted by atomic mass is 19.1. The van der Waals surface area contributed by atoms with Gasteiger partial charge in [-0.3, -0.25) is 4.90 Å². The van der Waals surface area contributed by atoms with Crippen LogP contribution in [0.2, 0.25) is 0 Å². The molecule has 0 radical (unpaired) electrons. The summed E-state index contributed by atoms with van der Waals surface area (Å²) >= 11 is 0. The van der Waals surface area contributed by atoms with Crippen LogP contribution in [0.3, 0.4) is 0 Å². The van der Waals surface area contributed by atoms with Crippen molar-refractivity contribution in [3.8, 4) is 6.07 Å². The van der Waals surface area contributed by atoms with E-state index in [4.69, 9.17) is 10.4 Å². The van der Waals surface area contributed by atoms with Crippen LogP contribution in [-0.4, -0.2) is 29.2 Å². The number of nitriles is 1. The maximum absolute atomic E-state index is 13.4. The zero-order valence-electron chi connectivity index (χ0n) is 11.0. The Kier molecular flexibility index (Phi) is 4.89. The first-order valence-electron chi connectivity index (χ1n) is 6.77. The highest BCUT2D eigenvalue weighted by molar-refractivity contribution is 5.33. The van der Waals surface area contributed by atoms with Gasteiger partial charge in [0.25, 0.3) is 0 Å². The molecule has 1 aromatic carbocycles. The van der Waals surface area contributed by atoms with Gasteiger partial charge >= 0.3 is 0 Å². The molecule has 1 heterocycles. The Labute approximate surface area is 113 Å². The summed E-state index contributed by atoms with van der Waals surface area (Å²) in [7, 11) is 0. The number of aliphatic hydroxyl groups excluding tert-OH is 1. The van der Waals surface area contributed by atoms with Gasteiger partial charge in [0, 0.05) is 19.2 Å². The second-order valence-corrected chi connectivity index (χ2v) is 5.09. The number of benzene rings is 1. The van der Waals surface area contributed by atoms with Gasteiger partial charge in [-0.15, -0.1) is 0 Å². The third-order valence-corrected chi connectivity index (χ3v) is 3.67. The van der Waals surface area contributed by atoms with E-state index in [2.05, 4.69) is 4.90 Å². The summed E-state index contributed by atoms with van der Waals surface area (Å²) in [5.41, 5.74) is 1.23. The van der Waals surface area contributed by atoms with Crippen LogP contribution in [-0.2, 0) is 6.54 Å². The molecule has 0 spiro atoms. The van der Waals surface area contributed by atoms with Crippen molar-refractivity contribution >= 4 is 0 Å². The second-order valence-electron chi connectivity index (χ2n) is 5.09. The molecule has 0 amide bonds.